The number of nitro benzene ring substituents is 1. The van der Waals surface area contributed by atoms with Crippen LogP contribution in [0, 0.1) is 10.1 Å². The summed E-state index contributed by atoms with van der Waals surface area (Å²) in [7, 11) is 1.45. The fourth-order valence-corrected chi connectivity index (χ4v) is 3.98. The molecule has 1 heterocycles. The van der Waals surface area contributed by atoms with Gasteiger partial charge < -0.3 is 9.47 Å². The van der Waals surface area contributed by atoms with Crippen molar-refractivity contribution in [2.45, 2.75) is 13.5 Å². The lowest BCUT2D eigenvalue weighted by molar-refractivity contribution is -0.384. The van der Waals surface area contributed by atoms with E-state index in [0.717, 1.165) is 16.7 Å². The summed E-state index contributed by atoms with van der Waals surface area (Å²) in [4.78, 5) is 36.0. The van der Waals surface area contributed by atoms with Crippen LogP contribution in [0.2, 0.25) is 5.02 Å². The zero-order valence-corrected chi connectivity index (χ0v) is 17.7. The third kappa shape index (κ3) is 4.58. The molecule has 2 aromatic carbocycles. The van der Waals surface area contributed by atoms with Crippen LogP contribution in [0.1, 0.15) is 18.1 Å². The highest BCUT2D eigenvalue weighted by Crippen LogP contribution is 2.39. The molecule has 0 spiro atoms. The molecule has 0 radical (unpaired) electrons. The number of carbonyl (C=O) groups is 2. The summed E-state index contributed by atoms with van der Waals surface area (Å²) in [5, 5.41) is 10.8. The highest BCUT2D eigenvalue weighted by atomic mass is 35.5. The van der Waals surface area contributed by atoms with Crippen molar-refractivity contribution in [2.24, 2.45) is 0 Å². The van der Waals surface area contributed by atoms with Crippen molar-refractivity contribution in [3.8, 4) is 11.5 Å². The number of amides is 2. The van der Waals surface area contributed by atoms with Gasteiger partial charge >= 0.3 is 0 Å². The van der Waals surface area contributed by atoms with Crippen LogP contribution in [0.4, 0.5) is 10.5 Å². The third-order valence-electron chi connectivity index (χ3n) is 4.24. The molecule has 1 aliphatic rings. The number of carbonyl (C=O) groups excluding carboxylic acids is 2. The van der Waals surface area contributed by atoms with E-state index in [0.29, 0.717) is 28.3 Å². The second-order valence-electron chi connectivity index (χ2n) is 6.18. The molecule has 1 fully saturated rings. The van der Waals surface area contributed by atoms with Gasteiger partial charge in [0.15, 0.2) is 11.5 Å². The molecular weight excluding hydrogens is 432 g/mol. The fourth-order valence-electron chi connectivity index (χ4n) is 2.80. The van der Waals surface area contributed by atoms with E-state index >= 15 is 0 Å². The van der Waals surface area contributed by atoms with Crippen LogP contribution >= 0.6 is 23.4 Å². The van der Waals surface area contributed by atoms with Crippen molar-refractivity contribution in [1.82, 2.24) is 4.90 Å². The number of nitro groups is 1. The number of ether oxygens (including phenoxy) is 2. The zero-order valence-electron chi connectivity index (χ0n) is 16.1. The molecule has 10 heteroatoms. The number of hydrogen-bond acceptors (Lipinski definition) is 7. The summed E-state index contributed by atoms with van der Waals surface area (Å²) >= 11 is 7.22. The lowest BCUT2D eigenvalue weighted by atomic mass is 10.1. The topological polar surface area (TPSA) is 99.0 Å². The van der Waals surface area contributed by atoms with Crippen LogP contribution in [0.15, 0.2) is 41.3 Å². The van der Waals surface area contributed by atoms with Gasteiger partial charge in [-0.3, -0.25) is 24.6 Å². The molecule has 0 N–H and O–H groups in total. The number of methoxy groups -OCH3 is 1. The normalized spacial score (nSPS) is 15.0. The summed E-state index contributed by atoms with van der Waals surface area (Å²) in [5.41, 5.74) is 1.13. The summed E-state index contributed by atoms with van der Waals surface area (Å²) in [6.45, 7) is 2.08. The van der Waals surface area contributed by atoms with Gasteiger partial charge in [0.1, 0.15) is 6.61 Å². The molecule has 2 aromatic rings. The highest BCUT2D eigenvalue weighted by Gasteiger charge is 2.33. The van der Waals surface area contributed by atoms with Crippen molar-refractivity contribution in [2.75, 3.05) is 13.7 Å². The number of halogens is 1. The van der Waals surface area contributed by atoms with Gasteiger partial charge in [0.2, 0.25) is 0 Å². The van der Waals surface area contributed by atoms with E-state index in [2.05, 4.69) is 0 Å². The van der Waals surface area contributed by atoms with E-state index in [4.69, 9.17) is 21.1 Å². The number of rotatable bonds is 7. The average Bonchev–Trinajstić information content (AvgIpc) is 2.99. The Morgan fingerprint density at radius 1 is 1.27 bits per heavy atom. The lowest BCUT2D eigenvalue weighted by Gasteiger charge is -2.13. The number of thioether (sulfide) groups is 1. The SMILES string of the molecule is CCN1C(=O)S/C(=C/c2cc(Cl)c(OCc3cccc([N+](=O)[O-])c3)c(OC)c2)C1=O. The highest BCUT2D eigenvalue weighted by molar-refractivity contribution is 8.18. The first kappa shape index (κ1) is 21.7. The Morgan fingerprint density at radius 3 is 2.67 bits per heavy atom. The Labute approximate surface area is 181 Å². The Kier molecular flexibility index (Phi) is 6.63. The molecule has 0 aromatic heterocycles. The second kappa shape index (κ2) is 9.19. The first-order chi connectivity index (χ1) is 14.3. The Balaban J connectivity index is 1.84. The standard InChI is InChI=1S/C20H17ClN2O6S/c1-3-22-19(24)17(30-20(22)25)10-13-8-15(21)18(16(9-13)28-2)29-11-12-5-4-6-14(7-12)23(26)27/h4-10H,3,11H2,1-2H3/b17-10+. The molecule has 0 saturated carbocycles. The molecule has 0 aliphatic carbocycles. The zero-order chi connectivity index (χ0) is 21.8. The van der Waals surface area contributed by atoms with Crippen molar-refractivity contribution in [1.29, 1.82) is 0 Å². The van der Waals surface area contributed by atoms with Gasteiger partial charge in [-0.25, -0.2) is 0 Å². The maximum absolute atomic E-state index is 12.3. The average molecular weight is 449 g/mol. The molecule has 156 valence electrons. The number of benzene rings is 2. The van der Waals surface area contributed by atoms with Crippen molar-refractivity contribution in [3.63, 3.8) is 0 Å². The number of nitrogens with zero attached hydrogens (tertiary/aromatic N) is 2. The first-order valence-corrected chi connectivity index (χ1v) is 10.0. The van der Waals surface area contributed by atoms with Crippen molar-refractivity contribution >= 4 is 46.3 Å². The summed E-state index contributed by atoms with van der Waals surface area (Å²) in [6, 6.07) is 9.31. The number of imide groups is 1. The maximum Gasteiger partial charge on any atom is 0.293 e. The van der Waals surface area contributed by atoms with Crippen molar-refractivity contribution < 1.29 is 24.0 Å². The van der Waals surface area contributed by atoms with E-state index in [1.165, 1.54) is 19.2 Å². The van der Waals surface area contributed by atoms with Gasteiger partial charge in [0.05, 0.1) is 22.0 Å². The van der Waals surface area contributed by atoms with Crippen molar-refractivity contribution in [3.05, 3.63) is 67.6 Å². The predicted molar refractivity (Wildman–Crippen MR) is 114 cm³/mol. The minimum Gasteiger partial charge on any atom is -0.493 e. The second-order valence-corrected chi connectivity index (χ2v) is 7.58. The summed E-state index contributed by atoms with van der Waals surface area (Å²) < 4.78 is 11.1. The van der Waals surface area contributed by atoms with Crippen LogP contribution in [0.25, 0.3) is 6.08 Å². The van der Waals surface area contributed by atoms with Gasteiger partial charge in [-0.2, -0.15) is 0 Å². The minimum absolute atomic E-state index is 0.0365. The Hall–Kier alpha value is -3.04. The number of hydrogen-bond donors (Lipinski definition) is 0. The molecule has 1 aliphatic heterocycles. The fraction of sp³-hybridized carbons (Fsp3) is 0.200. The van der Waals surface area contributed by atoms with Crippen LogP contribution in [0.5, 0.6) is 11.5 Å². The van der Waals surface area contributed by atoms with Crippen LogP contribution in [-0.2, 0) is 11.4 Å². The van der Waals surface area contributed by atoms with Crippen LogP contribution in [0.3, 0.4) is 0 Å². The van der Waals surface area contributed by atoms with Gasteiger partial charge in [-0.05, 0) is 48.0 Å². The van der Waals surface area contributed by atoms with E-state index in [9.17, 15) is 19.7 Å². The van der Waals surface area contributed by atoms with E-state index in [1.54, 1.807) is 37.3 Å². The van der Waals surface area contributed by atoms with Crippen LogP contribution in [-0.4, -0.2) is 34.6 Å². The molecule has 0 bridgehead atoms. The van der Waals surface area contributed by atoms with E-state index < -0.39 is 4.92 Å². The summed E-state index contributed by atoms with van der Waals surface area (Å²) in [6.07, 6.45) is 1.57. The Bertz CT molecular complexity index is 1060. The quantitative estimate of drug-likeness (QED) is 0.337. The lowest BCUT2D eigenvalue weighted by Crippen LogP contribution is -2.27. The van der Waals surface area contributed by atoms with E-state index in [-0.39, 0.29) is 34.2 Å². The molecule has 0 atom stereocenters. The van der Waals surface area contributed by atoms with Crippen LogP contribution < -0.4 is 9.47 Å². The van der Waals surface area contributed by atoms with Gasteiger partial charge in [0.25, 0.3) is 16.8 Å². The monoisotopic (exact) mass is 448 g/mol. The molecular formula is C20H17ClN2O6S. The Morgan fingerprint density at radius 2 is 2.03 bits per heavy atom. The molecule has 30 heavy (non-hydrogen) atoms. The summed E-state index contributed by atoms with van der Waals surface area (Å²) in [5.74, 6) is 0.243. The van der Waals surface area contributed by atoms with Gasteiger partial charge in [-0.1, -0.05) is 23.7 Å². The molecule has 0 unspecified atom stereocenters. The number of likely N-dealkylation sites (N-methyl/N-ethyl adjacent to an activating group) is 1. The molecule has 3 rings (SSSR count). The maximum atomic E-state index is 12.3. The van der Waals surface area contributed by atoms with E-state index in [1.807, 2.05) is 0 Å². The minimum atomic E-state index is -0.480. The van der Waals surface area contributed by atoms with Gasteiger partial charge in [0, 0.05) is 18.7 Å². The molecule has 1 saturated heterocycles. The molecule has 8 nitrogen and oxygen atoms in total. The predicted octanol–water partition coefficient (Wildman–Crippen LogP) is 4.89. The van der Waals surface area contributed by atoms with Gasteiger partial charge in [-0.15, -0.1) is 0 Å². The third-order valence-corrected chi connectivity index (χ3v) is 5.43. The molecule has 2 amide bonds. The largest absolute Gasteiger partial charge is 0.493 e. The number of non-ortho nitro benzene ring substituents is 1. The smallest absolute Gasteiger partial charge is 0.293 e. The first-order valence-electron chi connectivity index (χ1n) is 8.83.